The van der Waals surface area contributed by atoms with Crippen LogP contribution >= 0.6 is 23.2 Å². The zero-order chi connectivity index (χ0) is 20.7. The molecular weight excluding hydrogens is 401 g/mol. The minimum atomic E-state index is -1.16. The fourth-order valence-corrected chi connectivity index (χ4v) is 4.49. The van der Waals surface area contributed by atoms with Gasteiger partial charge >= 0.3 is 0 Å². The molecule has 2 aromatic rings. The molecule has 3 atom stereocenters. The Morgan fingerprint density at radius 3 is 2.50 bits per heavy atom. The van der Waals surface area contributed by atoms with Gasteiger partial charge in [-0.2, -0.15) is 5.26 Å². The lowest BCUT2D eigenvalue weighted by atomic mass is 9.64. The molecule has 1 heterocycles. The summed E-state index contributed by atoms with van der Waals surface area (Å²) in [7, 11) is 0. The van der Waals surface area contributed by atoms with Crippen molar-refractivity contribution in [3.8, 4) is 6.07 Å². The predicted octanol–water partition coefficient (Wildman–Crippen LogP) is 6.22. The smallest absolute Gasteiger partial charge is 0.145 e. The van der Waals surface area contributed by atoms with Gasteiger partial charge in [0, 0.05) is 18.5 Å². The van der Waals surface area contributed by atoms with E-state index in [0.717, 1.165) is 0 Å². The highest BCUT2D eigenvalue weighted by Gasteiger charge is 2.54. The highest BCUT2D eigenvalue weighted by molar-refractivity contribution is 6.31. The van der Waals surface area contributed by atoms with Gasteiger partial charge in [0.2, 0.25) is 0 Å². The van der Waals surface area contributed by atoms with E-state index < -0.39 is 23.0 Å². The molecule has 1 N–H and O–H groups in total. The highest BCUT2D eigenvalue weighted by atomic mass is 35.5. The molecule has 6 heteroatoms. The van der Waals surface area contributed by atoms with E-state index >= 15 is 0 Å². The molecule has 0 bridgehead atoms. The van der Waals surface area contributed by atoms with E-state index in [1.54, 1.807) is 18.2 Å². The van der Waals surface area contributed by atoms with Crippen LogP contribution in [-0.4, -0.2) is 12.6 Å². The second-order valence-electron chi connectivity index (χ2n) is 8.53. The molecule has 2 unspecified atom stereocenters. The van der Waals surface area contributed by atoms with Crippen molar-refractivity contribution in [2.75, 3.05) is 6.54 Å². The van der Waals surface area contributed by atoms with E-state index in [2.05, 4.69) is 32.2 Å². The number of hydrogen-bond donors (Lipinski definition) is 1. The van der Waals surface area contributed by atoms with Crippen LogP contribution in [0.5, 0.6) is 0 Å². The Morgan fingerprint density at radius 1 is 1.18 bits per heavy atom. The van der Waals surface area contributed by atoms with E-state index in [-0.39, 0.29) is 21.5 Å². The maximum absolute atomic E-state index is 14.9. The Bertz CT molecular complexity index is 933. The molecule has 2 nitrogen and oxygen atoms in total. The van der Waals surface area contributed by atoms with E-state index in [4.69, 9.17) is 23.2 Å². The van der Waals surface area contributed by atoms with Crippen LogP contribution < -0.4 is 5.32 Å². The summed E-state index contributed by atoms with van der Waals surface area (Å²) >= 11 is 11.9. The minimum Gasteiger partial charge on any atom is -0.311 e. The lowest BCUT2D eigenvalue weighted by Gasteiger charge is -2.37. The number of nitriles is 1. The maximum Gasteiger partial charge on any atom is 0.145 e. The second-order valence-corrected chi connectivity index (χ2v) is 9.35. The summed E-state index contributed by atoms with van der Waals surface area (Å²) in [5.74, 6) is -1.66. The van der Waals surface area contributed by atoms with Crippen molar-refractivity contribution >= 4 is 23.2 Å². The first kappa shape index (κ1) is 21.0. The lowest BCUT2D eigenvalue weighted by molar-refractivity contribution is 0.281. The van der Waals surface area contributed by atoms with Crippen LogP contribution in [0.25, 0.3) is 0 Å². The van der Waals surface area contributed by atoms with Crippen LogP contribution in [0, 0.1) is 28.4 Å². The molecule has 0 radical (unpaired) electrons. The third-order valence-corrected chi connectivity index (χ3v) is 6.02. The summed E-state index contributed by atoms with van der Waals surface area (Å²) < 4.78 is 29.2. The van der Waals surface area contributed by atoms with Crippen molar-refractivity contribution in [1.82, 2.24) is 5.32 Å². The van der Waals surface area contributed by atoms with Crippen LogP contribution in [0.4, 0.5) is 8.78 Å². The molecule has 2 aromatic carbocycles. The molecule has 1 fully saturated rings. The number of rotatable bonds is 3. The van der Waals surface area contributed by atoms with Gasteiger partial charge in [0.25, 0.3) is 0 Å². The standard InChI is InChI=1S/C22H22Cl2F2N2/c1-21(2,3)10-19-22(12-27,13-7-8-16(23)18(25)9-13)15(11-28-19)14-5-4-6-17(24)20(14)26/h4-9,15,19,28H,10-11H2,1-3H3/t15?,19?,22-/m1/s1. The van der Waals surface area contributed by atoms with Gasteiger partial charge in [-0.3, -0.25) is 0 Å². The highest BCUT2D eigenvalue weighted by Crippen LogP contribution is 2.49. The van der Waals surface area contributed by atoms with Crippen molar-refractivity contribution < 1.29 is 8.78 Å². The molecule has 1 aliphatic rings. The van der Waals surface area contributed by atoms with E-state index in [1.165, 1.54) is 18.2 Å². The predicted molar refractivity (Wildman–Crippen MR) is 109 cm³/mol. The lowest BCUT2D eigenvalue weighted by Crippen LogP contribution is -2.44. The fourth-order valence-electron chi connectivity index (χ4n) is 4.19. The first-order valence-corrected chi connectivity index (χ1v) is 9.90. The molecular formula is C22H22Cl2F2N2. The Balaban J connectivity index is 2.23. The summed E-state index contributed by atoms with van der Waals surface area (Å²) in [5.41, 5.74) is -0.412. The number of nitrogens with zero attached hydrogens (tertiary/aromatic N) is 1. The summed E-state index contributed by atoms with van der Waals surface area (Å²) in [4.78, 5) is 0. The van der Waals surface area contributed by atoms with Gasteiger partial charge in [-0.05, 0) is 41.2 Å². The molecule has 0 spiro atoms. The first-order chi connectivity index (χ1) is 13.1. The number of halogens is 4. The second kappa shape index (κ2) is 7.63. The number of hydrogen-bond acceptors (Lipinski definition) is 2. The number of nitrogens with one attached hydrogen (secondary N) is 1. The Hall–Kier alpha value is -1.67. The molecule has 1 saturated heterocycles. The monoisotopic (exact) mass is 422 g/mol. The Kier molecular flexibility index (Phi) is 5.74. The van der Waals surface area contributed by atoms with Crippen LogP contribution in [0.15, 0.2) is 36.4 Å². The SMILES string of the molecule is CC(C)(C)CC1NCC(c2cccc(Cl)c2F)[C@@]1(C#N)c1ccc(Cl)c(F)c1. The summed E-state index contributed by atoms with van der Waals surface area (Å²) in [6.45, 7) is 6.61. The van der Waals surface area contributed by atoms with Crippen LogP contribution in [0.1, 0.15) is 44.2 Å². The van der Waals surface area contributed by atoms with Gasteiger partial charge < -0.3 is 5.32 Å². The van der Waals surface area contributed by atoms with E-state index in [0.29, 0.717) is 24.1 Å². The van der Waals surface area contributed by atoms with Gasteiger partial charge in [-0.15, -0.1) is 0 Å². The van der Waals surface area contributed by atoms with Crippen molar-refractivity contribution in [1.29, 1.82) is 5.26 Å². The van der Waals surface area contributed by atoms with Crippen LogP contribution in [0.2, 0.25) is 10.0 Å². The largest absolute Gasteiger partial charge is 0.311 e. The van der Waals surface area contributed by atoms with Gasteiger partial charge in [0.1, 0.15) is 17.0 Å². The van der Waals surface area contributed by atoms with Crippen molar-refractivity contribution in [2.24, 2.45) is 5.41 Å². The van der Waals surface area contributed by atoms with E-state index in [1.807, 2.05) is 0 Å². The molecule has 148 valence electrons. The molecule has 28 heavy (non-hydrogen) atoms. The summed E-state index contributed by atoms with van der Waals surface area (Å²) in [6.07, 6.45) is 0.656. The average Bonchev–Trinajstić information content (AvgIpc) is 2.97. The average molecular weight is 423 g/mol. The fraction of sp³-hybridized carbons (Fsp3) is 0.409. The molecule has 0 saturated carbocycles. The Morgan fingerprint density at radius 2 is 1.89 bits per heavy atom. The zero-order valence-electron chi connectivity index (χ0n) is 16.0. The molecule has 0 aromatic heterocycles. The van der Waals surface area contributed by atoms with Crippen LogP contribution in [-0.2, 0) is 5.41 Å². The zero-order valence-corrected chi connectivity index (χ0v) is 17.5. The van der Waals surface area contributed by atoms with Crippen molar-refractivity contribution in [3.05, 3.63) is 69.2 Å². The van der Waals surface area contributed by atoms with Crippen molar-refractivity contribution in [2.45, 2.75) is 44.6 Å². The molecule has 0 aliphatic carbocycles. The van der Waals surface area contributed by atoms with Gasteiger partial charge in [-0.25, -0.2) is 8.78 Å². The minimum absolute atomic E-state index is 0.00546. The third kappa shape index (κ3) is 3.64. The first-order valence-electron chi connectivity index (χ1n) is 9.14. The van der Waals surface area contributed by atoms with Gasteiger partial charge in [-0.1, -0.05) is 62.2 Å². The molecule has 3 rings (SSSR count). The topological polar surface area (TPSA) is 35.8 Å². The van der Waals surface area contributed by atoms with Gasteiger partial charge in [0.15, 0.2) is 0 Å². The molecule has 0 amide bonds. The van der Waals surface area contributed by atoms with Crippen LogP contribution in [0.3, 0.4) is 0 Å². The third-order valence-electron chi connectivity index (χ3n) is 5.42. The van der Waals surface area contributed by atoms with E-state index in [9.17, 15) is 14.0 Å². The van der Waals surface area contributed by atoms with Crippen molar-refractivity contribution in [3.63, 3.8) is 0 Å². The quantitative estimate of drug-likeness (QED) is 0.636. The summed E-state index contributed by atoms with van der Waals surface area (Å²) in [6, 6.07) is 11.3. The van der Waals surface area contributed by atoms with Gasteiger partial charge in [0.05, 0.1) is 16.1 Å². The normalized spacial score (nSPS) is 24.9. The Labute approximate surface area is 174 Å². The molecule has 1 aliphatic heterocycles. The number of benzene rings is 2. The maximum atomic E-state index is 14.9. The summed E-state index contributed by atoms with van der Waals surface area (Å²) in [5, 5.41) is 13.8.